The normalized spacial score (nSPS) is 14.4. The second-order valence-corrected chi connectivity index (χ2v) is 34.4. The number of carboxylic acid groups (broad SMARTS) is 7. The summed E-state index contributed by atoms with van der Waals surface area (Å²) in [6.45, 7) is 24.3. The molecule has 0 saturated carbocycles. The molecule has 0 aliphatic carbocycles. The lowest BCUT2D eigenvalue weighted by Gasteiger charge is -2.21. The van der Waals surface area contributed by atoms with Crippen molar-refractivity contribution < 1.29 is 78.1 Å². The third kappa shape index (κ3) is 26.6. The number of hydrogen-bond donors (Lipinski definition) is 21. The first-order valence-electron chi connectivity index (χ1n) is 45.6. The van der Waals surface area contributed by atoms with E-state index in [1.807, 2.05) is 193 Å². The summed E-state index contributed by atoms with van der Waals surface area (Å²) in [6, 6.07) is 35.1. The van der Waals surface area contributed by atoms with E-state index in [9.17, 15) is 52.6 Å². The van der Waals surface area contributed by atoms with Crippen molar-refractivity contribution in [3.8, 4) is 0 Å². The maximum absolute atomic E-state index is 13.9. The zero-order chi connectivity index (χ0) is 97.9. The Balaban J connectivity index is 0.000000213. The van der Waals surface area contributed by atoms with Crippen LogP contribution in [0.2, 0.25) is 0 Å². The molecule has 7 heterocycles. The second-order valence-electron chi connectivity index (χ2n) is 34.4. The number of aromatic amines is 7. The van der Waals surface area contributed by atoms with E-state index in [1.54, 1.807) is 30.6 Å². The SMILES string of the molecule is C.CCC[C@@H](c1c(C)[nH]c2ccccc12)[C@H](N)C(=O)O.CCC[C@@H](c1c[nH]c2c(C)cccc12)[C@H](N)C(=O)O.CCC[C@@H](c1c[nH]c2cc(C)ccc12)[C@H](N)C(=O)O.CCC[C@@H](c1c[nH]c2ccc(C)cc12)[C@H](N)C(=O)O.CCC[C@@H](c1c[nH]c2ccc(F)cc12)[C@H](N)C(=O)O.CCC[C@@H](c1c[nH]c2cccc(C)c12)[C@H](N)C(=O)O.CCC[C@@H](c1c[nH]c2cccc(F)c12)[C@H](N)C(=O)O. The van der Waals surface area contributed by atoms with Gasteiger partial charge in [-0.05, 0) is 196 Å². The van der Waals surface area contributed by atoms with Crippen LogP contribution in [0.5, 0.6) is 0 Å². The average molecular weight is 1850 g/mol. The third-order valence-corrected chi connectivity index (χ3v) is 24.9. The van der Waals surface area contributed by atoms with Gasteiger partial charge in [-0.25, -0.2) is 8.78 Å². The number of carboxylic acids is 7. The molecule has 0 spiro atoms. The quantitative estimate of drug-likeness (QED) is 0.0175. The fourth-order valence-corrected chi connectivity index (χ4v) is 18.2. The smallest absolute Gasteiger partial charge is 0.321 e. The molecule has 0 amide bonds. The molecule has 0 fully saturated rings. The summed E-state index contributed by atoms with van der Waals surface area (Å²) in [5.41, 5.74) is 59.6. The van der Waals surface area contributed by atoms with E-state index in [0.29, 0.717) is 34.7 Å². The van der Waals surface area contributed by atoms with E-state index in [2.05, 4.69) is 47.0 Å². The van der Waals surface area contributed by atoms with Gasteiger partial charge >= 0.3 is 41.8 Å². The van der Waals surface area contributed by atoms with Crippen LogP contribution in [0.15, 0.2) is 171 Å². The van der Waals surface area contributed by atoms with Crippen molar-refractivity contribution in [3.63, 3.8) is 0 Å². The van der Waals surface area contributed by atoms with Crippen LogP contribution in [-0.2, 0) is 33.6 Å². The molecule has 7 aromatic heterocycles. The van der Waals surface area contributed by atoms with Gasteiger partial charge in [0.25, 0.3) is 0 Å². The molecule has 14 aromatic rings. The maximum atomic E-state index is 13.9. The van der Waals surface area contributed by atoms with Gasteiger partial charge in [0.15, 0.2) is 0 Å². The molecule has 0 bridgehead atoms. The number of aromatic nitrogens is 7. The lowest BCUT2D eigenvalue weighted by Crippen LogP contribution is -2.36. The van der Waals surface area contributed by atoms with Crippen LogP contribution >= 0.6 is 0 Å². The predicted molar refractivity (Wildman–Crippen MR) is 531 cm³/mol. The molecule has 7 aromatic carbocycles. The second kappa shape index (κ2) is 50.9. The van der Waals surface area contributed by atoms with E-state index in [-0.39, 0.29) is 54.6 Å². The number of nitrogens with one attached hydrogen (secondary N) is 7. The molecular formula is C104H138F2N14O14. The van der Waals surface area contributed by atoms with Crippen LogP contribution in [0.25, 0.3) is 76.3 Å². The van der Waals surface area contributed by atoms with Crippen molar-refractivity contribution in [1.82, 2.24) is 34.9 Å². The molecule has 28 nitrogen and oxygen atoms in total. The Morgan fingerprint density at radius 1 is 0.299 bits per heavy atom. The Kier molecular flexibility index (Phi) is 41.1. The largest absolute Gasteiger partial charge is 0.480 e. The fourth-order valence-electron chi connectivity index (χ4n) is 18.2. The highest BCUT2D eigenvalue weighted by Gasteiger charge is 2.35. The van der Waals surface area contributed by atoms with Crippen LogP contribution in [0, 0.1) is 46.3 Å². The number of hydrogen-bond acceptors (Lipinski definition) is 14. The summed E-state index contributed by atoms with van der Waals surface area (Å²) in [5, 5.41) is 70.6. The predicted octanol–water partition coefficient (Wildman–Crippen LogP) is 19.7. The molecule has 722 valence electrons. The number of carbonyl (C=O) groups is 7. The monoisotopic (exact) mass is 1850 g/mol. The van der Waals surface area contributed by atoms with Crippen LogP contribution in [0.4, 0.5) is 8.78 Å². The number of halogens is 2. The lowest BCUT2D eigenvalue weighted by molar-refractivity contribution is -0.140. The van der Waals surface area contributed by atoms with Crippen molar-refractivity contribution >= 4 is 118 Å². The molecule has 14 atom stereocenters. The van der Waals surface area contributed by atoms with Crippen molar-refractivity contribution in [1.29, 1.82) is 0 Å². The van der Waals surface area contributed by atoms with Gasteiger partial charge in [0.2, 0.25) is 0 Å². The first-order valence-corrected chi connectivity index (χ1v) is 45.6. The fraction of sp³-hybridized carbons (Fsp3) is 0.394. The van der Waals surface area contributed by atoms with Crippen LogP contribution in [-0.4, -0.2) is 155 Å². The minimum Gasteiger partial charge on any atom is -0.480 e. The van der Waals surface area contributed by atoms with E-state index in [1.165, 1.54) is 23.8 Å². The third-order valence-electron chi connectivity index (χ3n) is 24.9. The Morgan fingerprint density at radius 2 is 0.619 bits per heavy atom. The van der Waals surface area contributed by atoms with Gasteiger partial charge in [-0.3, -0.25) is 33.6 Å². The van der Waals surface area contributed by atoms with Gasteiger partial charge in [0.05, 0.1) is 0 Å². The Labute approximate surface area is 780 Å². The summed E-state index contributed by atoms with van der Waals surface area (Å²) in [6.07, 6.45) is 22.2. The van der Waals surface area contributed by atoms with Crippen LogP contribution in [0.1, 0.15) is 254 Å². The van der Waals surface area contributed by atoms with E-state index in [4.69, 9.17) is 65.7 Å². The highest BCUT2D eigenvalue weighted by atomic mass is 19.1. The first kappa shape index (κ1) is 108. The van der Waals surface area contributed by atoms with Crippen LogP contribution in [0.3, 0.4) is 0 Å². The molecule has 14 rings (SSSR count). The molecule has 30 heteroatoms. The van der Waals surface area contributed by atoms with Gasteiger partial charge in [0, 0.05) is 161 Å². The number of benzene rings is 7. The lowest BCUT2D eigenvalue weighted by atomic mass is 9.86. The van der Waals surface area contributed by atoms with Crippen molar-refractivity contribution in [2.75, 3.05) is 0 Å². The Hall–Kier alpha value is -12.8. The average Bonchev–Trinajstić information content (AvgIpc) is 1.66. The van der Waals surface area contributed by atoms with Gasteiger partial charge in [-0.2, -0.15) is 0 Å². The minimum absolute atomic E-state index is 0. The molecule has 0 aliphatic rings. The standard InChI is InChI=1S/5C15H20N2O2.2C14H17FN2O2.CH4/c1-3-6-11(14(16)15(18)19)13-9(2)17-12-8-5-4-7-10(12)13;1-3-5-10(14(16)15(18)19)11-8-17-12-7-4-6-9(2)13(11)12;1-3-5-10(13(16)15(18)19)12-8-17-14-9(2)6-4-7-11(12)14;1-3-4-11(14(16)15(18)19)12-8-17-13-7-9(2)5-6-10(12)13;1-3-4-10(14(16)15(18)19)12-8-17-13-6-5-9(2)7-11(12)13;1-2-4-8(13(16)14(18)19)9-7-17-11-6-3-5-10(15)12(9)11;1-2-3-9(13(16)14(18)19)11-7-17-12-5-4-8(15)6-10(11)12;/h4-5,7-8,11,14,17H,3,6,16H2,1-2H3,(H,18,19);4,6-8,10,14,17H,3,5,16H2,1-2H3,(H,18,19);4,6-8,10,13,17H,3,5,16H2,1-2H3,(H,18,19);5-8,11,14,17H,3-4,16H2,1-2H3,(H,18,19);5-8,10,14,17H,3-4,16H2,1-2H3,(H,18,19);3,5-8,13,17H,2,4,16H2,1H3,(H,18,19);4-7,9,13,17H,2-3,16H2,1H3,(H,18,19);1H4/t11-,14-;10-,14-;10-,13-;11-,14-;10-,14-;8-,13-;9-,13-;/m0000000./s1. The number of para-hydroxylation sites is 2. The van der Waals surface area contributed by atoms with Gasteiger partial charge in [-0.1, -0.05) is 179 Å². The van der Waals surface area contributed by atoms with Gasteiger partial charge < -0.3 is 111 Å². The number of fused-ring (bicyclic) bond motifs is 7. The van der Waals surface area contributed by atoms with Gasteiger partial charge in [-0.15, -0.1) is 0 Å². The number of aryl methyl sites for hydroxylation is 5. The summed E-state index contributed by atoms with van der Waals surface area (Å²) >= 11 is 0. The maximum Gasteiger partial charge on any atom is 0.321 e. The Morgan fingerprint density at radius 3 is 1.08 bits per heavy atom. The number of H-pyrrole nitrogens is 7. The topological polar surface area (TPSA) is 554 Å². The number of nitrogens with two attached hydrogens (primary N) is 7. The van der Waals surface area contributed by atoms with E-state index < -0.39 is 90.0 Å². The highest BCUT2D eigenvalue weighted by Crippen LogP contribution is 2.40. The summed E-state index contributed by atoms with van der Waals surface area (Å²) in [5.74, 6) is -9.00. The zero-order valence-corrected chi connectivity index (χ0v) is 77.9. The van der Waals surface area contributed by atoms with E-state index in [0.717, 1.165) is 193 Å². The summed E-state index contributed by atoms with van der Waals surface area (Å²) < 4.78 is 27.3. The van der Waals surface area contributed by atoms with E-state index >= 15 is 0 Å². The van der Waals surface area contributed by atoms with Crippen LogP contribution < -0.4 is 40.1 Å². The molecule has 28 N–H and O–H groups in total. The van der Waals surface area contributed by atoms with Crippen molar-refractivity contribution in [2.45, 2.75) is 264 Å². The van der Waals surface area contributed by atoms with Crippen molar-refractivity contribution in [2.24, 2.45) is 40.1 Å². The van der Waals surface area contributed by atoms with Crippen molar-refractivity contribution in [3.05, 3.63) is 249 Å². The summed E-state index contributed by atoms with van der Waals surface area (Å²) in [4.78, 5) is 100. The molecule has 0 aliphatic heterocycles. The molecular weight excluding hydrogens is 1710 g/mol. The highest BCUT2D eigenvalue weighted by molar-refractivity contribution is 5.93. The molecule has 0 unspecified atom stereocenters. The zero-order valence-electron chi connectivity index (χ0n) is 77.9. The molecule has 134 heavy (non-hydrogen) atoms. The van der Waals surface area contributed by atoms with Gasteiger partial charge in [0.1, 0.15) is 53.9 Å². The Bertz CT molecular complexity index is 5960. The first-order chi connectivity index (χ1) is 63.4. The minimum atomic E-state index is -1.07. The summed E-state index contributed by atoms with van der Waals surface area (Å²) in [7, 11) is 0. The molecule has 0 radical (unpaired) electrons. The number of rotatable bonds is 35. The number of aliphatic carboxylic acids is 7. The molecule has 0 saturated heterocycles.